The van der Waals surface area contributed by atoms with E-state index in [0.29, 0.717) is 16.7 Å². The average molecular weight is 377 g/mol. The number of aryl methyl sites for hydroxylation is 1. The highest BCUT2D eigenvalue weighted by Crippen LogP contribution is 2.50. The maximum Gasteiger partial charge on any atom is 0.600 e. The molecule has 0 N–H and O–H groups in total. The molecule has 0 fully saturated rings. The van der Waals surface area contributed by atoms with Crippen LogP contribution in [-0.2, 0) is 11.9 Å². The Kier molecular flexibility index (Phi) is 5.90. The summed E-state index contributed by atoms with van der Waals surface area (Å²) < 4.78 is 77.2. The lowest BCUT2D eigenvalue weighted by Crippen LogP contribution is -2.42. The zero-order valence-electron chi connectivity index (χ0n) is 10.0. The molecule has 0 bridgehead atoms. The number of alkyl halides is 3. The van der Waals surface area contributed by atoms with Crippen LogP contribution >= 0.6 is 10.5 Å². The fraction of sp³-hybridized carbons (Fsp3) is 0.273. The summed E-state index contributed by atoms with van der Waals surface area (Å²) in [6.07, 6.45) is 0.332. The molecule has 0 aliphatic carbocycles. The molecule has 2 rings (SSSR count). The topological polar surface area (TPSA) is 69.2 Å². The third-order valence-corrected chi connectivity index (χ3v) is 4.54. The molecule has 112 valence electrons. The molecule has 0 spiro atoms. The van der Waals surface area contributed by atoms with Crippen molar-refractivity contribution >= 4 is 20.6 Å². The molecule has 0 aliphatic rings. The van der Waals surface area contributed by atoms with Gasteiger partial charge in [-0.3, -0.25) is 0 Å². The van der Waals surface area contributed by atoms with Crippen LogP contribution in [0.4, 0.5) is 17.6 Å². The Morgan fingerprint density at radius 2 is 1.70 bits per heavy atom. The van der Waals surface area contributed by atoms with E-state index < -0.39 is 36.6 Å². The highest BCUT2D eigenvalue weighted by Gasteiger charge is 2.47. The van der Waals surface area contributed by atoms with Gasteiger partial charge in [-0.2, -0.15) is 0 Å². The van der Waals surface area contributed by atoms with Crippen LogP contribution in [-0.4, -0.2) is 0 Å². The van der Waals surface area contributed by atoms with E-state index >= 15 is 0 Å². The van der Waals surface area contributed by atoms with Crippen molar-refractivity contribution in [2.45, 2.75) is 18.9 Å². The van der Waals surface area contributed by atoms with Gasteiger partial charge in [-0.25, -0.2) is 4.39 Å². The van der Waals surface area contributed by atoms with E-state index in [-0.39, 0.29) is 4.70 Å². The fourth-order valence-electron chi connectivity index (χ4n) is 1.70. The Bertz CT molecular complexity index is 580. The smallest absolute Gasteiger partial charge is 0.405 e. The molecular formula is C11H9BrF4O3S. The lowest BCUT2D eigenvalue weighted by atomic mass is 10.2. The van der Waals surface area contributed by atoms with Crippen LogP contribution in [0.2, 0.25) is 0 Å². The quantitative estimate of drug-likeness (QED) is 0.554. The molecule has 0 aliphatic heterocycles. The minimum atomic E-state index is -4.32. The predicted molar refractivity (Wildman–Crippen MR) is 57.1 cm³/mol. The van der Waals surface area contributed by atoms with Crippen LogP contribution in [0.3, 0.4) is 0 Å². The Hall–Kier alpha value is -0.740. The van der Waals surface area contributed by atoms with Crippen molar-refractivity contribution in [3.05, 3.63) is 35.0 Å². The van der Waals surface area contributed by atoms with E-state index in [1.807, 2.05) is 0 Å². The molecule has 0 radical (unpaired) electrons. The van der Waals surface area contributed by atoms with E-state index in [2.05, 4.69) is 0 Å². The van der Waals surface area contributed by atoms with E-state index in [0.717, 1.165) is 6.07 Å². The zero-order chi connectivity index (χ0) is 15.5. The Labute approximate surface area is 119 Å². The van der Waals surface area contributed by atoms with Gasteiger partial charge in [-0.05, 0) is 12.1 Å². The van der Waals surface area contributed by atoms with Gasteiger partial charge in [-0.1, -0.05) is 6.92 Å². The summed E-state index contributed by atoms with van der Waals surface area (Å²) in [4.78, 5) is 0.327. The first-order valence-corrected chi connectivity index (χ1v) is 8.37. The van der Waals surface area contributed by atoms with Crippen LogP contribution in [0.5, 0.6) is 0 Å². The van der Waals surface area contributed by atoms with Crippen molar-refractivity contribution in [3.63, 3.8) is 0 Å². The van der Waals surface area contributed by atoms with Crippen molar-refractivity contribution in [2.75, 3.05) is 0 Å². The maximum atomic E-state index is 13.0. The SMILES string of the molecule is CCc1cc2ccc(F)cc2[s+]1C(F)(F)F.[O-][Br+2]([O-])[O-]. The first kappa shape index (κ1) is 17.3. The van der Waals surface area contributed by atoms with E-state index in [1.54, 1.807) is 6.92 Å². The molecule has 0 saturated heterocycles. The summed E-state index contributed by atoms with van der Waals surface area (Å²) in [6.45, 7) is 1.68. The minimum Gasteiger partial charge on any atom is -0.405 e. The number of fused-ring (bicyclic) bond motifs is 1. The van der Waals surface area contributed by atoms with Crippen molar-refractivity contribution in [1.29, 1.82) is 0 Å². The monoisotopic (exact) mass is 376 g/mol. The summed E-state index contributed by atoms with van der Waals surface area (Å²) in [5.74, 6) is -0.619. The molecule has 20 heavy (non-hydrogen) atoms. The maximum absolute atomic E-state index is 13.0. The Morgan fingerprint density at radius 1 is 1.15 bits per heavy atom. The molecule has 1 heterocycles. The second-order valence-corrected chi connectivity index (χ2v) is 6.42. The fourth-order valence-corrected chi connectivity index (χ4v) is 3.65. The summed E-state index contributed by atoms with van der Waals surface area (Å²) in [5, 5.41) is 0.485. The summed E-state index contributed by atoms with van der Waals surface area (Å²) in [7, 11) is -1.95. The van der Waals surface area contributed by atoms with E-state index in [1.165, 1.54) is 18.2 Å². The number of benzene rings is 1. The average Bonchev–Trinajstić information content (AvgIpc) is 2.65. The first-order valence-electron chi connectivity index (χ1n) is 5.21. The second kappa shape index (κ2) is 6.81. The van der Waals surface area contributed by atoms with Crippen molar-refractivity contribution < 1.29 is 45.0 Å². The van der Waals surface area contributed by atoms with Gasteiger partial charge in [-0.15, -0.1) is 13.2 Å². The largest absolute Gasteiger partial charge is 0.600 e. The number of hydrogen-bond acceptors (Lipinski definition) is 3. The number of rotatable bonds is 1. The number of hydrogen-bond donors (Lipinski definition) is 0. The lowest BCUT2D eigenvalue weighted by Gasteiger charge is -1.98. The third-order valence-electron chi connectivity index (χ3n) is 2.35. The summed E-state index contributed by atoms with van der Waals surface area (Å²) in [5.41, 5.74) is -4.32. The van der Waals surface area contributed by atoms with Gasteiger partial charge in [0.05, 0.1) is 10.5 Å². The molecule has 1 unspecified atom stereocenters. The summed E-state index contributed by atoms with van der Waals surface area (Å²) in [6, 6.07) is 5.10. The van der Waals surface area contributed by atoms with Gasteiger partial charge in [0.15, 0.2) is 9.58 Å². The number of thiophene rings is 1. The van der Waals surface area contributed by atoms with Gasteiger partial charge in [0, 0.05) is 23.9 Å². The van der Waals surface area contributed by atoms with Gasteiger partial charge in [0.2, 0.25) is 14.8 Å². The van der Waals surface area contributed by atoms with Crippen LogP contribution in [0.15, 0.2) is 24.3 Å². The summed E-state index contributed by atoms with van der Waals surface area (Å²) >= 11 is -3.65. The zero-order valence-corrected chi connectivity index (χ0v) is 12.4. The minimum absolute atomic E-state index is 0.0596. The number of halogens is 5. The Balaban J connectivity index is 0.000000444. The highest BCUT2D eigenvalue weighted by molar-refractivity contribution is 7.38. The van der Waals surface area contributed by atoms with E-state index in [4.69, 9.17) is 12.6 Å². The Morgan fingerprint density at radius 3 is 2.15 bits per heavy atom. The van der Waals surface area contributed by atoms with Crippen LogP contribution in [0, 0.1) is 20.6 Å². The van der Waals surface area contributed by atoms with Crippen molar-refractivity contribution in [1.82, 2.24) is 0 Å². The highest BCUT2D eigenvalue weighted by atomic mass is 80.0. The molecule has 1 atom stereocenters. The van der Waals surface area contributed by atoms with Crippen molar-refractivity contribution in [3.8, 4) is 0 Å². The third kappa shape index (κ3) is 4.38. The first-order chi connectivity index (χ1) is 9.16. The van der Waals surface area contributed by atoms with Gasteiger partial charge < -0.3 is 12.6 Å². The standard InChI is InChI=1S/C11H9F4S.BrO3/c1-2-9-5-7-3-4-8(12)6-10(7)16(9)11(13,14)15;2-1(3)4/h3-6H,2H2,1H3;/q+1;-1. The molecule has 1 aromatic carbocycles. The molecule has 3 nitrogen and oxygen atoms in total. The lowest BCUT2D eigenvalue weighted by molar-refractivity contribution is -1.73. The molecule has 1 aromatic heterocycles. The predicted octanol–water partition coefficient (Wildman–Crippen LogP) is 1.20. The van der Waals surface area contributed by atoms with Crippen LogP contribution < -0.4 is 12.6 Å². The molecule has 9 heteroatoms. The molecule has 0 saturated carbocycles. The van der Waals surface area contributed by atoms with Crippen molar-refractivity contribution in [2.24, 2.45) is 0 Å². The van der Waals surface area contributed by atoms with Gasteiger partial charge in [0.1, 0.15) is 5.82 Å². The second-order valence-electron chi connectivity index (χ2n) is 3.59. The molecule has 2 aromatic rings. The van der Waals surface area contributed by atoms with Gasteiger partial charge in [0.25, 0.3) is 0 Å². The van der Waals surface area contributed by atoms with E-state index in [9.17, 15) is 17.6 Å². The van der Waals surface area contributed by atoms with Crippen LogP contribution in [0.25, 0.3) is 10.1 Å². The normalized spacial score (nSPS) is 12.6. The molecular weight excluding hydrogens is 368 g/mol. The molecule has 0 amide bonds. The van der Waals surface area contributed by atoms with Gasteiger partial charge >= 0.3 is 5.51 Å². The van der Waals surface area contributed by atoms with Crippen LogP contribution in [0.1, 0.15) is 11.8 Å².